The number of amidine groups is 1. The van der Waals surface area contributed by atoms with Gasteiger partial charge in [0.2, 0.25) is 10.0 Å². The summed E-state index contributed by atoms with van der Waals surface area (Å²) in [5.41, 5.74) is -0.338. The molecule has 1 amide bonds. The van der Waals surface area contributed by atoms with Crippen LogP contribution in [0.5, 0.6) is 0 Å². The van der Waals surface area contributed by atoms with Crippen LogP contribution >= 0.6 is 0 Å². The first kappa shape index (κ1) is 25.7. The van der Waals surface area contributed by atoms with Crippen LogP contribution in [0.2, 0.25) is 0 Å². The number of hydrogen-bond acceptors (Lipinski definition) is 7. The van der Waals surface area contributed by atoms with E-state index in [0.717, 1.165) is 49.8 Å². The summed E-state index contributed by atoms with van der Waals surface area (Å²) in [4.78, 5) is 15.0. The topological polar surface area (TPSA) is 145 Å². The first-order chi connectivity index (χ1) is 18.3. The molecule has 39 heavy (non-hydrogen) atoms. The molecule has 10 nitrogen and oxygen atoms in total. The van der Waals surface area contributed by atoms with Crippen molar-refractivity contribution in [1.29, 1.82) is 0 Å². The molecule has 0 aromatic heterocycles. The lowest BCUT2D eigenvalue weighted by atomic mass is 9.77. The van der Waals surface area contributed by atoms with E-state index in [4.69, 9.17) is 0 Å². The first-order valence-electron chi connectivity index (χ1n) is 12.2. The average Bonchev–Trinajstić information content (AvgIpc) is 3.45. The highest BCUT2D eigenvalue weighted by molar-refractivity contribution is 7.92. The molecular weight excluding hydrogens is 554 g/mol. The lowest BCUT2D eigenvalue weighted by molar-refractivity contribution is -0.134. The summed E-state index contributed by atoms with van der Waals surface area (Å²) in [6, 6.07) is 6.29. The van der Waals surface area contributed by atoms with Gasteiger partial charge in [0.15, 0.2) is 5.84 Å². The standard InChI is InChI=1S/C25H24F2N4O6S2/c1-38(34,35)29-16-5-7-18-19(10-16)39(36,37)30-24(28-18)21-23(32)20-12-2-3-13(8-12)22(20)31(25(21)33)11-14-9-15(26)4-6-17(14)27/h4-7,9-10,12-13,20,22,29,32H,2-3,8,11H2,1H3,(H,28,30)/t12-,13+,20-,22+/m1/s1. The van der Waals surface area contributed by atoms with Crippen LogP contribution < -0.4 is 10.0 Å². The maximum absolute atomic E-state index is 14.6. The lowest BCUT2D eigenvalue weighted by Crippen LogP contribution is -2.53. The molecule has 2 aliphatic heterocycles. The van der Waals surface area contributed by atoms with Crippen LogP contribution in [-0.2, 0) is 31.4 Å². The van der Waals surface area contributed by atoms with Gasteiger partial charge in [0.05, 0.1) is 11.9 Å². The molecule has 6 rings (SSSR count). The van der Waals surface area contributed by atoms with Gasteiger partial charge in [-0.2, -0.15) is 8.42 Å². The van der Waals surface area contributed by atoms with Gasteiger partial charge in [-0.3, -0.25) is 9.52 Å². The number of aliphatic hydroxyl groups is 1. The zero-order valence-corrected chi connectivity index (χ0v) is 22.2. The third-order valence-corrected chi connectivity index (χ3v) is 9.81. The molecule has 0 unspecified atom stereocenters. The molecule has 0 radical (unpaired) electrons. The van der Waals surface area contributed by atoms with Crippen LogP contribution in [0, 0.1) is 29.4 Å². The minimum atomic E-state index is -4.42. The van der Waals surface area contributed by atoms with Crippen molar-refractivity contribution in [2.75, 3.05) is 16.3 Å². The van der Waals surface area contributed by atoms with E-state index in [1.165, 1.54) is 17.0 Å². The highest BCUT2D eigenvalue weighted by Crippen LogP contribution is 2.55. The third kappa shape index (κ3) is 4.35. The molecular formula is C25H24F2N4O6S2. The Balaban J connectivity index is 1.42. The zero-order chi connectivity index (χ0) is 27.9. The van der Waals surface area contributed by atoms with E-state index in [1.54, 1.807) is 0 Å². The molecule has 2 fully saturated rings. The second-order valence-corrected chi connectivity index (χ2v) is 13.7. The number of fused-ring (bicyclic) bond motifs is 6. The number of halogens is 2. The summed E-state index contributed by atoms with van der Waals surface area (Å²) in [7, 11) is -8.10. The SMILES string of the molecule is CS(=O)(=O)Nc1ccc2c(c1)S(=O)(=O)N=C(C1=C(O)[C@@H]3[C@@H]4CC[C@@H](C4)[C@@H]3N(Cc3cc(F)ccc3F)C1=O)N2. The Hall–Kier alpha value is -3.52. The largest absolute Gasteiger partial charge is 0.511 e. The van der Waals surface area contributed by atoms with E-state index in [-0.39, 0.29) is 57.4 Å². The molecule has 206 valence electrons. The summed E-state index contributed by atoms with van der Waals surface area (Å²) in [6.45, 7) is -0.263. The highest BCUT2D eigenvalue weighted by Gasteiger charge is 2.57. The van der Waals surface area contributed by atoms with Crippen LogP contribution in [-0.4, -0.2) is 50.9 Å². The predicted octanol–water partition coefficient (Wildman–Crippen LogP) is 3.12. The molecule has 2 heterocycles. The summed E-state index contributed by atoms with van der Waals surface area (Å²) in [6.07, 6.45) is 3.31. The van der Waals surface area contributed by atoms with Gasteiger partial charge in [0, 0.05) is 29.8 Å². The summed E-state index contributed by atoms with van der Waals surface area (Å²) in [5, 5.41) is 14.2. The number of benzene rings is 2. The van der Waals surface area contributed by atoms with Gasteiger partial charge in [0.1, 0.15) is 27.9 Å². The average molecular weight is 579 g/mol. The molecule has 2 aromatic rings. The fraction of sp³-hybridized carbons (Fsp3) is 0.360. The van der Waals surface area contributed by atoms with Crippen molar-refractivity contribution in [1.82, 2.24) is 4.90 Å². The van der Waals surface area contributed by atoms with Crippen molar-refractivity contribution in [3.8, 4) is 0 Å². The molecule has 4 atom stereocenters. The fourth-order valence-corrected chi connectivity index (χ4v) is 8.15. The van der Waals surface area contributed by atoms with Gasteiger partial charge >= 0.3 is 0 Å². The van der Waals surface area contributed by atoms with Crippen LogP contribution in [0.4, 0.5) is 20.2 Å². The molecule has 0 saturated heterocycles. The number of sulfonamides is 2. The highest BCUT2D eigenvalue weighted by atomic mass is 32.2. The van der Waals surface area contributed by atoms with Gasteiger partial charge < -0.3 is 15.3 Å². The number of nitrogens with zero attached hydrogens (tertiary/aromatic N) is 2. The van der Waals surface area contributed by atoms with Crippen LogP contribution in [0.15, 0.2) is 57.0 Å². The van der Waals surface area contributed by atoms with Crippen LogP contribution in [0.3, 0.4) is 0 Å². The Morgan fingerprint density at radius 2 is 1.90 bits per heavy atom. The van der Waals surface area contributed by atoms with E-state index < -0.39 is 49.5 Å². The van der Waals surface area contributed by atoms with Gasteiger partial charge in [-0.1, -0.05) is 0 Å². The second kappa shape index (κ2) is 8.74. The number of anilines is 2. The predicted molar refractivity (Wildman–Crippen MR) is 138 cm³/mol. The third-order valence-electron chi connectivity index (χ3n) is 7.89. The number of hydrogen-bond donors (Lipinski definition) is 3. The number of carbonyl (C=O) groups excluding carboxylic acids is 1. The Kier molecular flexibility index (Phi) is 5.77. The second-order valence-electron chi connectivity index (χ2n) is 10.4. The number of nitrogens with one attached hydrogen (secondary N) is 2. The Morgan fingerprint density at radius 1 is 1.15 bits per heavy atom. The van der Waals surface area contributed by atoms with E-state index in [2.05, 4.69) is 14.4 Å². The summed E-state index contributed by atoms with van der Waals surface area (Å²) >= 11 is 0. The number of carbonyl (C=O) groups is 1. The number of rotatable bonds is 5. The molecule has 2 bridgehead atoms. The quantitative estimate of drug-likeness (QED) is 0.494. The minimum absolute atomic E-state index is 0.00389. The molecule has 14 heteroatoms. The molecule has 3 N–H and O–H groups in total. The maximum atomic E-state index is 14.6. The molecule has 2 aliphatic carbocycles. The summed E-state index contributed by atoms with van der Waals surface area (Å²) in [5.74, 6) is -3.14. The first-order valence-corrected chi connectivity index (χ1v) is 15.6. The Labute approximate surface area is 223 Å². The van der Waals surface area contributed by atoms with Crippen LogP contribution in [0.25, 0.3) is 0 Å². The van der Waals surface area contributed by atoms with Crippen molar-refractivity contribution in [2.24, 2.45) is 22.2 Å². The smallest absolute Gasteiger partial charge is 0.286 e. The molecule has 2 saturated carbocycles. The fourth-order valence-electron chi connectivity index (χ4n) is 6.44. The van der Waals surface area contributed by atoms with Crippen molar-refractivity contribution in [2.45, 2.75) is 36.7 Å². The molecule has 2 aromatic carbocycles. The van der Waals surface area contributed by atoms with Crippen molar-refractivity contribution >= 4 is 43.2 Å². The molecule has 4 aliphatic rings. The van der Waals surface area contributed by atoms with E-state index in [0.29, 0.717) is 0 Å². The number of amides is 1. The van der Waals surface area contributed by atoms with Gasteiger partial charge in [-0.05, 0) is 67.5 Å². The van der Waals surface area contributed by atoms with Crippen molar-refractivity contribution in [3.05, 3.63) is 64.9 Å². The monoisotopic (exact) mass is 578 g/mol. The van der Waals surface area contributed by atoms with E-state index in [1.807, 2.05) is 0 Å². The normalized spacial score (nSPS) is 27.1. The van der Waals surface area contributed by atoms with E-state index >= 15 is 0 Å². The Bertz CT molecular complexity index is 1710. The van der Waals surface area contributed by atoms with Gasteiger partial charge in [-0.15, -0.1) is 4.40 Å². The van der Waals surface area contributed by atoms with Gasteiger partial charge in [-0.25, -0.2) is 17.2 Å². The lowest BCUT2D eigenvalue weighted by Gasteiger charge is -2.44. The summed E-state index contributed by atoms with van der Waals surface area (Å²) < 4.78 is 83.9. The van der Waals surface area contributed by atoms with Crippen LogP contribution in [0.1, 0.15) is 24.8 Å². The van der Waals surface area contributed by atoms with Crippen molar-refractivity contribution in [3.63, 3.8) is 0 Å². The maximum Gasteiger partial charge on any atom is 0.286 e. The zero-order valence-electron chi connectivity index (χ0n) is 20.6. The minimum Gasteiger partial charge on any atom is -0.511 e. The van der Waals surface area contributed by atoms with Gasteiger partial charge in [0.25, 0.3) is 15.9 Å². The Morgan fingerprint density at radius 3 is 2.64 bits per heavy atom. The van der Waals surface area contributed by atoms with Crippen molar-refractivity contribution < 1.29 is 35.5 Å². The number of aliphatic hydroxyl groups excluding tert-OH is 1. The molecule has 0 spiro atoms. The van der Waals surface area contributed by atoms with E-state index in [9.17, 15) is 35.5 Å².